The van der Waals surface area contributed by atoms with E-state index < -0.39 is 11.4 Å². The van der Waals surface area contributed by atoms with E-state index in [-0.39, 0.29) is 0 Å². The Hall–Kier alpha value is -1.04. The lowest BCUT2D eigenvalue weighted by Gasteiger charge is -2.00. The summed E-state index contributed by atoms with van der Waals surface area (Å²) in [5.41, 5.74) is -0.688. The first-order valence-corrected chi connectivity index (χ1v) is 4.06. The third-order valence-electron chi connectivity index (χ3n) is 1.09. The smallest absolute Gasteiger partial charge is 0.336 e. The Morgan fingerprint density at radius 2 is 2.27 bits per heavy atom. The van der Waals surface area contributed by atoms with Crippen molar-refractivity contribution in [3.8, 4) is 5.88 Å². The molecule has 6 heteroatoms. The van der Waals surface area contributed by atoms with Gasteiger partial charge in [0.05, 0.1) is 0 Å². The van der Waals surface area contributed by atoms with Crippen LogP contribution in [0.2, 0.25) is 0 Å². The van der Waals surface area contributed by atoms with Crippen LogP contribution in [-0.2, 0) is 7.05 Å². The average Bonchev–Trinajstić information content (AvgIpc) is 1.97. The Balaban J connectivity index is 3.32. The molecule has 1 heterocycles. The first-order valence-electron chi connectivity index (χ1n) is 2.83. The molecule has 0 aromatic carbocycles. The molecule has 11 heavy (non-hydrogen) atoms. The fourth-order valence-corrected chi connectivity index (χ4v) is 1.09. The van der Waals surface area contributed by atoms with Crippen LogP contribution in [-0.4, -0.2) is 26.1 Å². The van der Waals surface area contributed by atoms with E-state index in [9.17, 15) is 4.79 Å². The molecule has 5 nitrogen and oxygen atoms in total. The molecule has 1 aromatic rings. The van der Waals surface area contributed by atoms with Gasteiger partial charge in [-0.3, -0.25) is 4.79 Å². The molecule has 0 saturated heterocycles. The van der Waals surface area contributed by atoms with Gasteiger partial charge < -0.3 is 5.11 Å². The van der Waals surface area contributed by atoms with Crippen LogP contribution in [0.25, 0.3) is 0 Å². The monoisotopic (exact) mass is 173 g/mol. The molecule has 0 bridgehead atoms. The maximum Gasteiger partial charge on any atom is 0.336 e. The van der Waals surface area contributed by atoms with Crippen LogP contribution < -0.4 is 5.56 Å². The summed E-state index contributed by atoms with van der Waals surface area (Å²) in [4.78, 5) is 14.2. The van der Waals surface area contributed by atoms with Crippen LogP contribution in [0.5, 0.6) is 5.88 Å². The van der Waals surface area contributed by atoms with Gasteiger partial charge in [-0.2, -0.15) is 4.98 Å². The van der Waals surface area contributed by atoms with Gasteiger partial charge in [0.1, 0.15) is 0 Å². The fourth-order valence-electron chi connectivity index (χ4n) is 0.615. The highest BCUT2D eigenvalue weighted by molar-refractivity contribution is 7.98. The van der Waals surface area contributed by atoms with Crippen molar-refractivity contribution in [3.63, 3.8) is 0 Å². The van der Waals surface area contributed by atoms with Crippen molar-refractivity contribution in [1.82, 2.24) is 14.8 Å². The molecule has 0 saturated carbocycles. The molecular weight excluding hydrogens is 166 g/mol. The maximum atomic E-state index is 10.7. The molecule has 0 amide bonds. The first kappa shape index (κ1) is 8.06. The van der Waals surface area contributed by atoms with Crippen molar-refractivity contribution in [2.75, 3.05) is 6.26 Å². The number of aromatic hydroxyl groups is 1. The molecule has 0 atom stereocenters. The topological polar surface area (TPSA) is 68.0 Å². The number of rotatable bonds is 1. The van der Waals surface area contributed by atoms with E-state index in [1.807, 2.05) is 0 Å². The van der Waals surface area contributed by atoms with Crippen molar-refractivity contribution in [2.24, 2.45) is 7.05 Å². The summed E-state index contributed by atoms with van der Waals surface area (Å²) in [5.74, 6) is -0.565. The Morgan fingerprint density at radius 1 is 1.64 bits per heavy atom. The van der Waals surface area contributed by atoms with Gasteiger partial charge in [0.25, 0.3) is 5.88 Å². The molecule has 0 spiro atoms. The standard InChI is InChI=1S/C5H7N3O2S/c1-8-5(11-2)6-3(9)4(10)7-8/h1-2H3,(H,7,10). The molecule has 0 aliphatic carbocycles. The Labute approximate surface area is 67.1 Å². The SMILES string of the molecule is CSc1nc(=O)c(O)nn1C. The van der Waals surface area contributed by atoms with E-state index in [4.69, 9.17) is 5.11 Å². The van der Waals surface area contributed by atoms with Gasteiger partial charge >= 0.3 is 5.56 Å². The fraction of sp³-hybridized carbons (Fsp3) is 0.400. The lowest BCUT2D eigenvalue weighted by molar-refractivity contribution is 0.407. The summed E-state index contributed by atoms with van der Waals surface area (Å²) in [6.45, 7) is 0. The van der Waals surface area contributed by atoms with E-state index in [1.165, 1.54) is 16.4 Å². The van der Waals surface area contributed by atoms with Gasteiger partial charge in [0.15, 0.2) is 5.16 Å². The van der Waals surface area contributed by atoms with E-state index >= 15 is 0 Å². The summed E-state index contributed by atoms with van der Waals surface area (Å²) in [5, 5.41) is 12.8. The van der Waals surface area contributed by atoms with Gasteiger partial charge in [0, 0.05) is 7.05 Å². The summed E-state index contributed by atoms with van der Waals surface area (Å²) < 4.78 is 1.35. The minimum atomic E-state index is -0.688. The maximum absolute atomic E-state index is 10.7. The van der Waals surface area contributed by atoms with E-state index in [2.05, 4.69) is 10.1 Å². The van der Waals surface area contributed by atoms with Gasteiger partial charge in [-0.05, 0) is 6.26 Å². The highest BCUT2D eigenvalue weighted by atomic mass is 32.2. The summed E-state index contributed by atoms with van der Waals surface area (Å²) in [6.07, 6.45) is 1.78. The lowest BCUT2D eigenvalue weighted by atomic mass is 10.8. The summed E-state index contributed by atoms with van der Waals surface area (Å²) in [7, 11) is 1.61. The molecular formula is C5H7N3O2S. The van der Waals surface area contributed by atoms with Crippen molar-refractivity contribution in [2.45, 2.75) is 5.16 Å². The number of nitrogens with zero attached hydrogens (tertiary/aromatic N) is 3. The Bertz CT molecular complexity index is 322. The Kier molecular flexibility index (Phi) is 2.13. The molecule has 0 aliphatic rings. The summed E-state index contributed by atoms with van der Waals surface area (Å²) in [6, 6.07) is 0. The molecule has 0 unspecified atom stereocenters. The van der Waals surface area contributed by atoms with Crippen LogP contribution in [0.4, 0.5) is 0 Å². The minimum absolute atomic E-state index is 0.479. The highest BCUT2D eigenvalue weighted by Gasteiger charge is 2.03. The largest absolute Gasteiger partial charge is 0.488 e. The van der Waals surface area contributed by atoms with Gasteiger partial charge in [0.2, 0.25) is 0 Å². The van der Waals surface area contributed by atoms with Gasteiger partial charge in [-0.25, -0.2) is 4.68 Å². The second-order valence-corrected chi connectivity index (χ2v) is 2.62. The van der Waals surface area contributed by atoms with Crippen LogP contribution in [0, 0.1) is 0 Å². The molecule has 1 aromatic heterocycles. The third kappa shape index (κ3) is 1.51. The second kappa shape index (κ2) is 2.91. The lowest BCUT2D eigenvalue weighted by Crippen LogP contribution is -2.15. The van der Waals surface area contributed by atoms with E-state index in [0.29, 0.717) is 5.16 Å². The van der Waals surface area contributed by atoms with Crippen molar-refractivity contribution in [3.05, 3.63) is 10.4 Å². The van der Waals surface area contributed by atoms with Gasteiger partial charge in [-0.15, -0.1) is 5.10 Å². The Morgan fingerprint density at radius 3 is 2.82 bits per heavy atom. The quantitative estimate of drug-likeness (QED) is 0.585. The van der Waals surface area contributed by atoms with Crippen LogP contribution in [0.15, 0.2) is 9.95 Å². The van der Waals surface area contributed by atoms with E-state index in [0.717, 1.165) is 0 Å². The number of aromatic nitrogens is 3. The van der Waals surface area contributed by atoms with Crippen molar-refractivity contribution >= 4 is 11.8 Å². The predicted octanol–water partition coefficient (Wildman–Crippen LogP) is -0.397. The average molecular weight is 173 g/mol. The van der Waals surface area contributed by atoms with Crippen molar-refractivity contribution < 1.29 is 5.11 Å². The summed E-state index contributed by atoms with van der Waals surface area (Å²) >= 11 is 1.30. The zero-order chi connectivity index (χ0) is 8.43. The normalized spacial score (nSPS) is 10.0. The number of thioether (sulfide) groups is 1. The third-order valence-corrected chi connectivity index (χ3v) is 1.81. The number of hydrogen-bond donors (Lipinski definition) is 1. The van der Waals surface area contributed by atoms with Crippen LogP contribution >= 0.6 is 11.8 Å². The molecule has 0 aliphatic heterocycles. The zero-order valence-corrected chi connectivity index (χ0v) is 6.92. The van der Waals surface area contributed by atoms with Crippen LogP contribution in [0.1, 0.15) is 0 Å². The molecule has 1 N–H and O–H groups in total. The highest BCUT2D eigenvalue weighted by Crippen LogP contribution is 2.06. The van der Waals surface area contributed by atoms with Gasteiger partial charge in [-0.1, -0.05) is 11.8 Å². The van der Waals surface area contributed by atoms with E-state index in [1.54, 1.807) is 13.3 Å². The zero-order valence-electron chi connectivity index (χ0n) is 6.11. The molecule has 60 valence electrons. The molecule has 1 rings (SSSR count). The first-order chi connectivity index (χ1) is 5.15. The molecule has 0 fully saturated rings. The van der Waals surface area contributed by atoms with Crippen molar-refractivity contribution in [1.29, 1.82) is 0 Å². The predicted molar refractivity (Wildman–Crippen MR) is 40.7 cm³/mol. The number of aryl methyl sites for hydroxylation is 1. The van der Waals surface area contributed by atoms with Crippen LogP contribution in [0.3, 0.4) is 0 Å². The second-order valence-electron chi connectivity index (χ2n) is 1.85. The molecule has 0 radical (unpaired) electrons. The number of hydrogen-bond acceptors (Lipinski definition) is 5. The minimum Gasteiger partial charge on any atom is -0.488 e.